The van der Waals surface area contributed by atoms with Gasteiger partial charge in [-0.3, -0.25) is 0 Å². The molecule has 17 heavy (non-hydrogen) atoms. The lowest BCUT2D eigenvalue weighted by atomic mass is 10.1. The van der Waals surface area contributed by atoms with E-state index in [1.165, 1.54) is 18.4 Å². The van der Waals surface area contributed by atoms with E-state index in [9.17, 15) is 5.11 Å². The van der Waals surface area contributed by atoms with Gasteiger partial charge < -0.3 is 15.2 Å². The fourth-order valence-electron chi connectivity index (χ4n) is 2.10. The van der Waals surface area contributed by atoms with Crippen LogP contribution in [0, 0.1) is 0 Å². The van der Waals surface area contributed by atoms with E-state index in [1.807, 2.05) is 10.6 Å². The largest absolute Gasteiger partial charge is 0.392 e. The van der Waals surface area contributed by atoms with Crippen LogP contribution in [0.1, 0.15) is 35.6 Å². The molecule has 4 nitrogen and oxygen atoms in total. The summed E-state index contributed by atoms with van der Waals surface area (Å²) in [5, 5.41) is 9.36. The van der Waals surface area contributed by atoms with Crippen molar-refractivity contribution in [3.63, 3.8) is 0 Å². The summed E-state index contributed by atoms with van der Waals surface area (Å²) in [5.74, 6) is 0.679. The summed E-state index contributed by atoms with van der Waals surface area (Å²) in [4.78, 5) is 4.40. The zero-order valence-electron chi connectivity index (χ0n) is 9.47. The van der Waals surface area contributed by atoms with Crippen LogP contribution in [0.25, 0.3) is 5.65 Å². The van der Waals surface area contributed by atoms with E-state index in [0.717, 1.165) is 16.9 Å². The summed E-state index contributed by atoms with van der Waals surface area (Å²) in [5.41, 5.74) is 9.46. The summed E-state index contributed by atoms with van der Waals surface area (Å²) in [6, 6.07) is 2.07. The predicted molar refractivity (Wildman–Crippen MR) is 68.2 cm³/mol. The summed E-state index contributed by atoms with van der Waals surface area (Å²) < 4.78 is 1.99. The van der Waals surface area contributed by atoms with Gasteiger partial charge in [0.15, 0.2) is 0 Å². The lowest BCUT2D eigenvalue weighted by molar-refractivity contribution is 0.282. The Kier molecular flexibility index (Phi) is 3.38. The predicted octanol–water partition coefficient (Wildman–Crippen LogP) is 1.58. The van der Waals surface area contributed by atoms with Crippen molar-refractivity contribution in [3.8, 4) is 0 Å². The summed E-state index contributed by atoms with van der Waals surface area (Å²) in [7, 11) is 0. The number of halogens is 1. The number of rotatable bonds is 3. The lowest BCUT2D eigenvalue weighted by Gasteiger charge is -2.04. The van der Waals surface area contributed by atoms with Gasteiger partial charge >= 0.3 is 0 Å². The minimum Gasteiger partial charge on any atom is -0.392 e. The number of aliphatic hydroxyl groups excluding tert-OH is 1. The molecule has 1 saturated carbocycles. The number of hydrogen-bond acceptors (Lipinski definition) is 3. The fourth-order valence-corrected chi connectivity index (χ4v) is 2.10. The van der Waals surface area contributed by atoms with Crippen molar-refractivity contribution in [2.24, 2.45) is 5.73 Å². The minimum absolute atomic E-state index is 0. The smallest absolute Gasteiger partial charge is 0.142 e. The van der Waals surface area contributed by atoms with Crippen LogP contribution in [0.4, 0.5) is 0 Å². The van der Waals surface area contributed by atoms with E-state index in [2.05, 4.69) is 17.2 Å². The van der Waals surface area contributed by atoms with Gasteiger partial charge in [-0.2, -0.15) is 0 Å². The molecule has 2 heterocycles. The number of fused-ring (bicyclic) bond motifs is 1. The zero-order chi connectivity index (χ0) is 11.1. The van der Waals surface area contributed by atoms with Crippen molar-refractivity contribution in [2.45, 2.75) is 31.9 Å². The first-order chi connectivity index (χ1) is 7.81. The molecule has 1 aliphatic carbocycles. The first kappa shape index (κ1) is 12.4. The Labute approximate surface area is 106 Å². The number of imidazole rings is 1. The normalized spacial score (nSPS) is 14.9. The number of nitrogens with zero attached hydrogens (tertiary/aromatic N) is 2. The SMILES string of the molecule is Cl.NCc1cn2cc(C3CC3)cc(CO)c2n1. The second-order valence-electron chi connectivity index (χ2n) is 4.40. The third kappa shape index (κ3) is 2.16. The van der Waals surface area contributed by atoms with Gasteiger partial charge in [0.25, 0.3) is 0 Å². The van der Waals surface area contributed by atoms with E-state index >= 15 is 0 Å². The van der Waals surface area contributed by atoms with Crippen LogP contribution in [0.3, 0.4) is 0 Å². The van der Waals surface area contributed by atoms with Gasteiger partial charge in [0.1, 0.15) is 5.65 Å². The molecule has 3 rings (SSSR count). The molecule has 2 aromatic heterocycles. The number of nitrogens with two attached hydrogens (primary N) is 1. The van der Waals surface area contributed by atoms with Gasteiger partial charge in [-0.15, -0.1) is 12.4 Å². The molecule has 0 aromatic carbocycles. The van der Waals surface area contributed by atoms with Crippen LogP contribution in [0.2, 0.25) is 0 Å². The molecule has 0 amide bonds. The Hall–Kier alpha value is -1.10. The van der Waals surface area contributed by atoms with Crippen LogP contribution < -0.4 is 5.73 Å². The number of pyridine rings is 1. The van der Waals surface area contributed by atoms with Crippen molar-refractivity contribution in [3.05, 3.63) is 35.3 Å². The van der Waals surface area contributed by atoms with Crippen LogP contribution in [-0.2, 0) is 13.2 Å². The number of aliphatic hydroxyl groups is 1. The quantitative estimate of drug-likeness (QED) is 0.873. The van der Waals surface area contributed by atoms with E-state index in [0.29, 0.717) is 12.5 Å². The summed E-state index contributed by atoms with van der Waals surface area (Å²) >= 11 is 0. The molecular weight excluding hydrogens is 238 g/mol. The summed E-state index contributed by atoms with van der Waals surface area (Å²) in [6.45, 7) is 0.469. The fraction of sp³-hybridized carbons (Fsp3) is 0.417. The second kappa shape index (κ2) is 4.64. The molecule has 0 aliphatic heterocycles. The van der Waals surface area contributed by atoms with Gasteiger partial charge in [0, 0.05) is 24.5 Å². The minimum atomic E-state index is 0. The highest BCUT2D eigenvalue weighted by molar-refractivity contribution is 5.85. The lowest BCUT2D eigenvalue weighted by Crippen LogP contribution is -1.96. The standard InChI is InChI=1S/C12H15N3O.ClH/c13-4-11-6-15-5-9(8-1-2-8)3-10(7-16)12(15)14-11;/h3,5-6,8,16H,1-2,4,7,13H2;1H. The molecular formula is C12H16ClN3O. The maximum Gasteiger partial charge on any atom is 0.142 e. The highest BCUT2D eigenvalue weighted by atomic mass is 35.5. The topological polar surface area (TPSA) is 63.5 Å². The molecule has 0 unspecified atom stereocenters. The Morgan fingerprint density at radius 1 is 1.41 bits per heavy atom. The molecule has 0 bridgehead atoms. The van der Waals surface area contributed by atoms with Gasteiger partial charge in [-0.05, 0) is 30.4 Å². The third-order valence-corrected chi connectivity index (χ3v) is 3.13. The van der Waals surface area contributed by atoms with E-state index in [4.69, 9.17) is 5.73 Å². The van der Waals surface area contributed by atoms with Crippen LogP contribution in [0.15, 0.2) is 18.5 Å². The van der Waals surface area contributed by atoms with Gasteiger partial charge in [0.2, 0.25) is 0 Å². The molecule has 1 aliphatic rings. The number of aromatic nitrogens is 2. The van der Waals surface area contributed by atoms with E-state index < -0.39 is 0 Å². The molecule has 0 saturated heterocycles. The average Bonchev–Trinajstić information content (AvgIpc) is 3.07. The molecule has 0 spiro atoms. The van der Waals surface area contributed by atoms with Gasteiger partial charge in [-0.25, -0.2) is 4.98 Å². The van der Waals surface area contributed by atoms with E-state index in [1.54, 1.807) is 0 Å². The number of hydrogen-bond donors (Lipinski definition) is 2. The monoisotopic (exact) mass is 253 g/mol. The van der Waals surface area contributed by atoms with Crippen LogP contribution >= 0.6 is 12.4 Å². The van der Waals surface area contributed by atoms with Crippen molar-refractivity contribution >= 4 is 18.1 Å². The van der Waals surface area contributed by atoms with Gasteiger partial charge in [0.05, 0.1) is 12.3 Å². The zero-order valence-corrected chi connectivity index (χ0v) is 10.3. The molecule has 2 aromatic rings. The molecule has 0 radical (unpaired) electrons. The molecule has 3 N–H and O–H groups in total. The Balaban J connectivity index is 0.00000108. The maximum atomic E-state index is 9.36. The second-order valence-corrected chi connectivity index (χ2v) is 4.40. The van der Waals surface area contributed by atoms with Crippen molar-refractivity contribution in [1.29, 1.82) is 0 Å². The van der Waals surface area contributed by atoms with Crippen molar-refractivity contribution < 1.29 is 5.11 Å². The molecule has 5 heteroatoms. The molecule has 0 atom stereocenters. The van der Waals surface area contributed by atoms with E-state index in [-0.39, 0.29) is 19.0 Å². The Morgan fingerprint density at radius 3 is 2.76 bits per heavy atom. The molecule has 92 valence electrons. The highest BCUT2D eigenvalue weighted by Crippen LogP contribution is 2.40. The third-order valence-electron chi connectivity index (χ3n) is 3.13. The van der Waals surface area contributed by atoms with Gasteiger partial charge in [-0.1, -0.05) is 0 Å². The first-order valence-electron chi connectivity index (χ1n) is 5.63. The highest BCUT2D eigenvalue weighted by Gasteiger charge is 2.24. The van der Waals surface area contributed by atoms with Crippen molar-refractivity contribution in [2.75, 3.05) is 0 Å². The molecule has 1 fully saturated rings. The van der Waals surface area contributed by atoms with Crippen LogP contribution in [0.5, 0.6) is 0 Å². The van der Waals surface area contributed by atoms with Crippen molar-refractivity contribution in [1.82, 2.24) is 9.38 Å². The Bertz CT molecular complexity index is 534. The summed E-state index contributed by atoms with van der Waals surface area (Å²) in [6.07, 6.45) is 6.57. The average molecular weight is 254 g/mol. The van der Waals surface area contributed by atoms with Crippen LogP contribution in [-0.4, -0.2) is 14.5 Å². The Morgan fingerprint density at radius 2 is 2.18 bits per heavy atom. The maximum absolute atomic E-state index is 9.36. The first-order valence-corrected chi connectivity index (χ1v) is 5.63.